The standard InChI is InChI=1S/C10H19NO4/c1-2-3-14-4-5-15-10(13)9-6-8(12)7-11-9/h8-9,11-12H,2-7H2,1H3/t8-,9-/m1/s1. The zero-order chi connectivity index (χ0) is 11.1. The van der Waals surface area contributed by atoms with Gasteiger partial charge in [0.2, 0.25) is 0 Å². The Kier molecular flexibility index (Phi) is 5.60. The molecule has 1 aliphatic rings. The molecule has 1 aliphatic heterocycles. The lowest BCUT2D eigenvalue weighted by atomic mass is 10.2. The molecule has 0 spiro atoms. The number of hydrogen-bond donors (Lipinski definition) is 2. The van der Waals surface area contributed by atoms with Gasteiger partial charge in [-0.2, -0.15) is 0 Å². The van der Waals surface area contributed by atoms with Crippen molar-refractivity contribution in [2.24, 2.45) is 0 Å². The van der Waals surface area contributed by atoms with E-state index in [-0.39, 0.29) is 18.6 Å². The first kappa shape index (κ1) is 12.4. The summed E-state index contributed by atoms with van der Waals surface area (Å²) in [4.78, 5) is 11.4. The van der Waals surface area contributed by atoms with Crippen LogP contribution in [0.25, 0.3) is 0 Å². The topological polar surface area (TPSA) is 67.8 Å². The summed E-state index contributed by atoms with van der Waals surface area (Å²) >= 11 is 0. The fourth-order valence-corrected chi connectivity index (χ4v) is 1.44. The van der Waals surface area contributed by atoms with Crippen LogP contribution in [0.15, 0.2) is 0 Å². The Morgan fingerprint density at radius 1 is 1.47 bits per heavy atom. The highest BCUT2D eigenvalue weighted by Gasteiger charge is 2.28. The second kappa shape index (κ2) is 6.76. The molecule has 0 aromatic rings. The largest absolute Gasteiger partial charge is 0.462 e. The average molecular weight is 217 g/mol. The molecule has 15 heavy (non-hydrogen) atoms. The maximum Gasteiger partial charge on any atom is 0.323 e. The normalized spacial score (nSPS) is 25.5. The van der Waals surface area contributed by atoms with E-state index in [0.29, 0.717) is 26.2 Å². The van der Waals surface area contributed by atoms with Crippen molar-refractivity contribution in [2.45, 2.75) is 31.9 Å². The van der Waals surface area contributed by atoms with Crippen molar-refractivity contribution in [3.05, 3.63) is 0 Å². The lowest BCUT2D eigenvalue weighted by Gasteiger charge is -2.10. The van der Waals surface area contributed by atoms with E-state index in [1.54, 1.807) is 0 Å². The number of β-amino-alcohol motifs (C(OH)–C–C–N with tert-alkyl or cyclic N) is 1. The predicted molar refractivity (Wildman–Crippen MR) is 54.5 cm³/mol. The molecule has 0 aromatic carbocycles. The molecule has 2 N–H and O–H groups in total. The van der Waals surface area contributed by atoms with E-state index < -0.39 is 6.10 Å². The fourth-order valence-electron chi connectivity index (χ4n) is 1.44. The van der Waals surface area contributed by atoms with Crippen molar-refractivity contribution < 1.29 is 19.4 Å². The van der Waals surface area contributed by atoms with E-state index in [1.807, 2.05) is 6.92 Å². The molecule has 5 nitrogen and oxygen atoms in total. The summed E-state index contributed by atoms with van der Waals surface area (Å²) in [6, 6.07) is -0.355. The number of carbonyl (C=O) groups is 1. The van der Waals surface area contributed by atoms with Crippen LogP contribution in [0.2, 0.25) is 0 Å². The predicted octanol–water partition coefficient (Wildman–Crippen LogP) is -0.321. The second-order valence-electron chi connectivity index (χ2n) is 3.63. The Balaban J connectivity index is 2.03. The average Bonchev–Trinajstić information content (AvgIpc) is 2.64. The molecule has 0 saturated carbocycles. The third-order valence-electron chi connectivity index (χ3n) is 2.21. The fraction of sp³-hybridized carbons (Fsp3) is 0.900. The minimum absolute atomic E-state index is 0.285. The quantitative estimate of drug-likeness (QED) is 0.471. The first-order valence-corrected chi connectivity index (χ1v) is 5.40. The van der Waals surface area contributed by atoms with Crippen LogP contribution in [0.1, 0.15) is 19.8 Å². The molecule has 0 amide bonds. The molecule has 5 heteroatoms. The van der Waals surface area contributed by atoms with Crippen LogP contribution in [0.3, 0.4) is 0 Å². The number of aliphatic hydroxyl groups is 1. The highest BCUT2D eigenvalue weighted by molar-refractivity contribution is 5.76. The highest BCUT2D eigenvalue weighted by atomic mass is 16.6. The molecular formula is C10H19NO4. The number of ether oxygens (including phenoxy) is 2. The molecule has 0 aliphatic carbocycles. The number of rotatable bonds is 6. The second-order valence-corrected chi connectivity index (χ2v) is 3.63. The molecule has 1 saturated heterocycles. The molecule has 1 rings (SSSR count). The summed E-state index contributed by atoms with van der Waals surface area (Å²) in [6.07, 6.45) is 0.970. The Bertz CT molecular complexity index is 198. The van der Waals surface area contributed by atoms with Gasteiger partial charge in [-0.1, -0.05) is 6.92 Å². The van der Waals surface area contributed by atoms with E-state index in [9.17, 15) is 9.90 Å². The first-order chi connectivity index (χ1) is 7.24. The van der Waals surface area contributed by atoms with Crippen LogP contribution in [0.5, 0.6) is 0 Å². The molecule has 0 bridgehead atoms. The van der Waals surface area contributed by atoms with E-state index >= 15 is 0 Å². The smallest absolute Gasteiger partial charge is 0.323 e. The van der Waals surface area contributed by atoms with Gasteiger partial charge >= 0.3 is 5.97 Å². The molecule has 2 atom stereocenters. The van der Waals surface area contributed by atoms with Crippen molar-refractivity contribution in [3.8, 4) is 0 Å². The van der Waals surface area contributed by atoms with Crippen LogP contribution in [-0.2, 0) is 14.3 Å². The molecule has 0 aromatic heterocycles. The lowest BCUT2D eigenvalue weighted by molar-refractivity contribution is -0.147. The Hall–Kier alpha value is -0.650. The van der Waals surface area contributed by atoms with Gasteiger partial charge in [0.1, 0.15) is 12.6 Å². The minimum Gasteiger partial charge on any atom is -0.462 e. The summed E-state index contributed by atoms with van der Waals surface area (Å²) in [5.41, 5.74) is 0. The Labute approximate surface area is 89.8 Å². The van der Waals surface area contributed by atoms with Gasteiger partial charge in [0.15, 0.2) is 0 Å². The van der Waals surface area contributed by atoms with Gasteiger partial charge in [-0.05, 0) is 6.42 Å². The summed E-state index contributed by atoms with van der Waals surface area (Å²) in [7, 11) is 0. The molecule has 0 unspecified atom stereocenters. The third kappa shape index (κ3) is 4.59. The zero-order valence-electron chi connectivity index (χ0n) is 9.07. The number of nitrogens with one attached hydrogen (secondary N) is 1. The highest BCUT2D eigenvalue weighted by Crippen LogP contribution is 2.07. The van der Waals surface area contributed by atoms with Crippen molar-refractivity contribution in [1.82, 2.24) is 5.32 Å². The van der Waals surface area contributed by atoms with Gasteiger partial charge in [-0.25, -0.2) is 0 Å². The summed E-state index contributed by atoms with van der Waals surface area (Å²) in [5.74, 6) is -0.299. The molecule has 1 heterocycles. The molecule has 88 valence electrons. The summed E-state index contributed by atoms with van der Waals surface area (Å²) in [5, 5.41) is 12.1. The number of carbonyl (C=O) groups excluding carboxylic acids is 1. The Morgan fingerprint density at radius 3 is 2.87 bits per heavy atom. The van der Waals surface area contributed by atoms with E-state index in [1.165, 1.54) is 0 Å². The van der Waals surface area contributed by atoms with Crippen LogP contribution >= 0.6 is 0 Å². The molecular weight excluding hydrogens is 198 g/mol. The van der Waals surface area contributed by atoms with Gasteiger partial charge in [-0.3, -0.25) is 4.79 Å². The van der Waals surface area contributed by atoms with Crippen molar-refractivity contribution >= 4 is 5.97 Å². The van der Waals surface area contributed by atoms with Gasteiger partial charge in [0.05, 0.1) is 12.7 Å². The number of esters is 1. The van der Waals surface area contributed by atoms with Crippen LogP contribution in [-0.4, -0.2) is 49.6 Å². The van der Waals surface area contributed by atoms with Gasteiger partial charge in [0.25, 0.3) is 0 Å². The van der Waals surface area contributed by atoms with E-state index in [0.717, 1.165) is 6.42 Å². The first-order valence-electron chi connectivity index (χ1n) is 5.40. The zero-order valence-corrected chi connectivity index (χ0v) is 9.07. The van der Waals surface area contributed by atoms with Crippen LogP contribution < -0.4 is 5.32 Å². The van der Waals surface area contributed by atoms with Crippen molar-refractivity contribution in [1.29, 1.82) is 0 Å². The maximum atomic E-state index is 11.4. The summed E-state index contributed by atoms with van der Waals surface area (Å²) in [6.45, 7) is 3.90. The maximum absolute atomic E-state index is 11.4. The van der Waals surface area contributed by atoms with Crippen molar-refractivity contribution in [2.75, 3.05) is 26.4 Å². The lowest BCUT2D eigenvalue weighted by Crippen LogP contribution is -2.33. The monoisotopic (exact) mass is 217 g/mol. The van der Waals surface area contributed by atoms with Crippen LogP contribution in [0.4, 0.5) is 0 Å². The number of hydrogen-bond acceptors (Lipinski definition) is 5. The van der Waals surface area contributed by atoms with E-state index in [2.05, 4.69) is 5.32 Å². The minimum atomic E-state index is -0.432. The van der Waals surface area contributed by atoms with Crippen molar-refractivity contribution in [3.63, 3.8) is 0 Å². The van der Waals surface area contributed by atoms with Gasteiger partial charge in [0, 0.05) is 19.6 Å². The van der Waals surface area contributed by atoms with Gasteiger partial charge < -0.3 is 19.9 Å². The molecule has 1 fully saturated rings. The third-order valence-corrected chi connectivity index (χ3v) is 2.21. The van der Waals surface area contributed by atoms with Crippen LogP contribution in [0, 0.1) is 0 Å². The Morgan fingerprint density at radius 2 is 2.27 bits per heavy atom. The SMILES string of the molecule is CCCOCCOC(=O)[C@H]1C[C@@H](O)CN1. The molecule has 0 radical (unpaired) electrons. The van der Waals surface area contributed by atoms with E-state index in [4.69, 9.17) is 9.47 Å². The van der Waals surface area contributed by atoms with Gasteiger partial charge in [-0.15, -0.1) is 0 Å². The summed E-state index contributed by atoms with van der Waals surface area (Å²) < 4.78 is 10.2. The number of aliphatic hydroxyl groups excluding tert-OH is 1.